The van der Waals surface area contributed by atoms with E-state index in [0.717, 1.165) is 13.1 Å². The van der Waals surface area contributed by atoms with E-state index in [9.17, 15) is 4.79 Å². The molecule has 0 radical (unpaired) electrons. The van der Waals surface area contributed by atoms with Gasteiger partial charge in [-0.05, 0) is 12.8 Å². The Morgan fingerprint density at radius 1 is 1.55 bits per heavy atom. The van der Waals surface area contributed by atoms with Gasteiger partial charge >= 0.3 is 0 Å². The van der Waals surface area contributed by atoms with Crippen molar-refractivity contribution in [2.45, 2.75) is 31.4 Å². The number of hydrogen-bond donors (Lipinski definition) is 1. The molecule has 0 aromatic heterocycles. The predicted octanol–water partition coefficient (Wildman–Crippen LogP) is 1.32. The molecular weight excluding hydrogens is 158 g/mol. The largest absolute Gasteiger partial charge is 0.343 e. The van der Waals surface area contributed by atoms with E-state index in [0.29, 0.717) is 6.42 Å². The van der Waals surface area contributed by atoms with Crippen molar-refractivity contribution in [1.82, 2.24) is 4.90 Å². The van der Waals surface area contributed by atoms with Crippen LogP contribution in [0.1, 0.15) is 26.2 Å². The topological polar surface area (TPSA) is 20.3 Å². The van der Waals surface area contributed by atoms with Crippen molar-refractivity contribution in [2.24, 2.45) is 0 Å². The lowest BCUT2D eigenvalue weighted by Gasteiger charge is -2.15. The van der Waals surface area contributed by atoms with Crippen LogP contribution < -0.4 is 0 Å². The molecule has 0 N–H and O–H groups in total. The van der Waals surface area contributed by atoms with Crippen LogP contribution in [0.4, 0.5) is 0 Å². The van der Waals surface area contributed by atoms with Gasteiger partial charge in [0.1, 0.15) is 0 Å². The Kier molecular flexibility index (Phi) is 3.24. The van der Waals surface area contributed by atoms with Gasteiger partial charge in [-0.15, -0.1) is 0 Å². The standard InChI is InChI=1S/C8H15NOS/c1-7(11)6-8(10)9-4-2-3-5-9/h7,11H,2-6H2,1H3. The Bertz CT molecular complexity index is 141. The second-order valence-corrected chi connectivity index (χ2v) is 4.02. The molecule has 0 aliphatic carbocycles. The van der Waals surface area contributed by atoms with Gasteiger partial charge < -0.3 is 4.90 Å². The summed E-state index contributed by atoms with van der Waals surface area (Å²) in [6.07, 6.45) is 2.93. The number of amides is 1. The highest BCUT2D eigenvalue weighted by molar-refractivity contribution is 7.80. The van der Waals surface area contributed by atoms with Crippen molar-refractivity contribution in [3.05, 3.63) is 0 Å². The molecule has 1 saturated heterocycles. The van der Waals surface area contributed by atoms with Crippen LogP contribution in [-0.2, 0) is 4.79 Å². The monoisotopic (exact) mass is 173 g/mol. The number of thiol groups is 1. The maximum absolute atomic E-state index is 11.3. The fourth-order valence-electron chi connectivity index (χ4n) is 1.35. The molecule has 0 aromatic rings. The highest BCUT2D eigenvalue weighted by Crippen LogP contribution is 2.11. The minimum atomic E-state index is 0.197. The molecule has 11 heavy (non-hydrogen) atoms. The molecule has 1 aliphatic rings. The molecular formula is C8H15NOS. The van der Waals surface area contributed by atoms with Crippen LogP contribution >= 0.6 is 12.6 Å². The van der Waals surface area contributed by atoms with Crippen molar-refractivity contribution in [3.8, 4) is 0 Å². The van der Waals surface area contributed by atoms with Crippen LogP contribution in [-0.4, -0.2) is 29.1 Å². The van der Waals surface area contributed by atoms with Gasteiger partial charge in [0.15, 0.2) is 0 Å². The van der Waals surface area contributed by atoms with E-state index in [1.54, 1.807) is 0 Å². The van der Waals surface area contributed by atoms with Gasteiger partial charge in [0.2, 0.25) is 5.91 Å². The Morgan fingerprint density at radius 2 is 2.09 bits per heavy atom. The summed E-state index contributed by atoms with van der Waals surface area (Å²) in [6.45, 7) is 3.87. The zero-order chi connectivity index (χ0) is 8.27. The molecule has 1 amide bonds. The van der Waals surface area contributed by atoms with Crippen LogP contribution in [0, 0.1) is 0 Å². The Balaban J connectivity index is 2.28. The highest BCUT2D eigenvalue weighted by atomic mass is 32.1. The van der Waals surface area contributed by atoms with E-state index in [4.69, 9.17) is 0 Å². The van der Waals surface area contributed by atoms with Crippen molar-refractivity contribution in [3.63, 3.8) is 0 Å². The Morgan fingerprint density at radius 3 is 2.55 bits per heavy atom. The number of likely N-dealkylation sites (tertiary alicyclic amines) is 1. The van der Waals surface area contributed by atoms with Crippen molar-refractivity contribution in [2.75, 3.05) is 13.1 Å². The third-order valence-corrected chi connectivity index (χ3v) is 2.11. The summed E-state index contributed by atoms with van der Waals surface area (Å²) in [4.78, 5) is 13.3. The van der Waals surface area contributed by atoms with E-state index < -0.39 is 0 Å². The minimum Gasteiger partial charge on any atom is -0.343 e. The molecule has 0 saturated carbocycles. The lowest BCUT2D eigenvalue weighted by Crippen LogP contribution is -2.28. The zero-order valence-corrected chi connectivity index (χ0v) is 7.81. The average Bonchev–Trinajstić information content (AvgIpc) is 2.35. The SMILES string of the molecule is CC(S)CC(=O)N1CCCC1. The quantitative estimate of drug-likeness (QED) is 0.624. The molecule has 0 spiro atoms. The van der Waals surface area contributed by atoms with E-state index in [-0.39, 0.29) is 11.2 Å². The first kappa shape index (κ1) is 8.91. The van der Waals surface area contributed by atoms with Crippen LogP contribution in [0.15, 0.2) is 0 Å². The maximum Gasteiger partial charge on any atom is 0.223 e. The van der Waals surface area contributed by atoms with E-state index >= 15 is 0 Å². The van der Waals surface area contributed by atoms with Gasteiger partial charge in [0.05, 0.1) is 0 Å². The van der Waals surface area contributed by atoms with E-state index in [1.807, 2.05) is 11.8 Å². The molecule has 1 rings (SSSR count). The molecule has 64 valence electrons. The van der Waals surface area contributed by atoms with E-state index in [2.05, 4.69) is 12.6 Å². The van der Waals surface area contributed by atoms with Gasteiger partial charge in [-0.3, -0.25) is 4.79 Å². The summed E-state index contributed by atoms with van der Waals surface area (Å²) < 4.78 is 0. The first-order chi connectivity index (χ1) is 5.20. The van der Waals surface area contributed by atoms with Crippen LogP contribution in [0.2, 0.25) is 0 Å². The first-order valence-electron chi connectivity index (χ1n) is 4.16. The Labute approximate surface area is 73.4 Å². The summed E-state index contributed by atoms with van der Waals surface area (Å²) in [5.41, 5.74) is 0. The second-order valence-electron chi connectivity index (χ2n) is 3.14. The molecule has 1 fully saturated rings. The van der Waals surface area contributed by atoms with Gasteiger partial charge in [0, 0.05) is 24.8 Å². The normalized spacial score (nSPS) is 20.4. The number of hydrogen-bond acceptors (Lipinski definition) is 2. The number of nitrogens with zero attached hydrogens (tertiary/aromatic N) is 1. The molecule has 1 aliphatic heterocycles. The summed E-state index contributed by atoms with van der Waals surface area (Å²) in [5.74, 6) is 0.269. The molecule has 1 unspecified atom stereocenters. The van der Waals surface area contributed by atoms with Crippen molar-refractivity contribution >= 4 is 18.5 Å². The zero-order valence-electron chi connectivity index (χ0n) is 6.92. The minimum absolute atomic E-state index is 0.197. The van der Waals surface area contributed by atoms with Crippen LogP contribution in [0.5, 0.6) is 0 Å². The van der Waals surface area contributed by atoms with E-state index in [1.165, 1.54) is 12.8 Å². The molecule has 1 atom stereocenters. The molecule has 1 heterocycles. The number of rotatable bonds is 2. The first-order valence-corrected chi connectivity index (χ1v) is 4.67. The second kappa shape index (κ2) is 4.00. The van der Waals surface area contributed by atoms with Crippen molar-refractivity contribution in [1.29, 1.82) is 0 Å². The molecule has 0 bridgehead atoms. The highest BCUT2D eigenvalue weighted by Gasteiger charge is 2.18. The number of carbonyl (C=O) groups is 1. The van der Waals surface area contributed by atoms with Crippen LogP contribution in [0.3, 0.4) is 0 Å². The summed E-state index contributed by atoms with van der Waals surface area (Å²) >= 11 is 4.18. The summed E-state index contributed by atoms with van der Waals surface area (Å²) in [5, 5.41) is 0.197. The van der Waals surface area contributed by atoms with Gasteiger partial charge in [-0.1, -0.05) is 6.92 Å². The van der Waals surface area contributed by atoms with Gasteiger partial charge in [-0.2, -0.15) is 12.6 Å². The Hall–Kier alpha value is -0.180. The fraction of sp³-hybridized carbons (Fsp3) is 0.875. The predicted molar refractivity (Wildman–Crippen MR) is 48.9 cm³/mol. The number of carbonyl (C=O) groups excluding carboxylic acids is 1. The average molecular weight is 173 g/mol. The lowest BCUT2D eigenvalue weighted by atomic mass is 10.3. The summed E-state index contributed by atoms with van der Waals surface area (Å²) in [7, 11) is 0. The summed E-state index contributed by atoms with van der Waals surface area (Å²) in [6, 6.07) is 0. The van der Waals surface area contributed by atoms with Crippen LogP contribution in [0.25, 0.3) is 0 Å². The molecule has 3 heteroatoms. The lowest BCUT2D eigenvalue weighted by molar-refractivity contribution is -0.130. The smallest absolute Gasteiger partial charge is 0.223 e. The molecule has 2 nitrogen and oxygen atoms in total. The third kappa shape index (κ3) is 2.73. The van der Waals surface area contributed by atoms with Gasteiger partial charge in [0.25, 0.3) is 0 Å². The maximum atomic E-state index is 11.3. The van der Waals surface area contributed by atoms with Crippen molar-refractivity contribution < 1.29 is 4.79 Å². The third-order valence-electron chi connectivity index (χ3n) is 1.93. The molecule has 0 aromatic carbocycles. The fourth-order valence-corrected chi connectivity index (χ4v) is 1.50. The van der Waals surface area contributed by atoms with Gasteiger partial charge in [-0.25, -0.2) is 0 Å².